The van der Waals surface area contributed by atoms with Crippen LogP contribution in [0.1, 0.15) is 51.9 Å². The van der Waals surface area contributed by atoms with Gasteiger partial charge >= 0.3 is 6.18 Å². The predicted molar refractivity (Wildman–Crippen MR) is 183 cm³/mol. The normalized spacial score (nSPS) is 21.4. The largest absolute Gasteiger partial charge is 0.416 e. The first-order chi connectivity index (χ1) is 24.5. The first kappa shape index (κ1) is 34.2. The number of fused-ring (bicyclic) bond motifs is 3. The van der Waals surface area contributed by atoms with Crippen LogP contribution in [0.2, 0.25) is 0 Å². The molecule has 4 atom stereocenters. The van der Waals surface area contributed by atoms with Gasteiger partial charge in [-0.15, -0.1) is 0 Å². The van der Waals surface area contributed by atoms with Crippen molar-refractivity contribution in [3.63, 3.8) is 0 Å². The Morgan fingerprint density at radius 1 is 1.04 bits per heavy atom. The number of morpholine rings is 1. The summed E-state index contributed by atoms with van der Waals surface area (Å²) in [5.74, 6) is -1.77. The highest BCUT2D eigenvalue weighted by Crippen LogP contribution is 2.42. The van der Waals surface area contributed by atoms with Gasteiger partial charge in [0.2, 0.25) is 5.91 Å². The number of alkyl halides is 3. The second kappa shape index (κ2) is 13.8. The molecule has 0 spiro atoms. The number of likely N-dealkylation sites (N-methyl/N-ethyl adjacent to an activating group) is 1. The SMILES string of the molecule is C=C(CN1CC2CC1CO2)C(=O)NCc1cccc([C@@H]2c3cnn(-c4ccccc4)c3N(CC)C(=O)[C@H]2NC(=O)c2cccc(C(F)(F)F)c2)c1. The number of amides is 3. The van der Waals surface area contributed by atoms with E-state index in [-0.39, 0.29) is 30.7 Å². The standard InChI is InChI=1S/C38H37F3N6O4/c1-3-46-36-31(19-43-47(36)28-13-5-4-6-14-28)32(33(37(46)50)44-35(49)26-11-8-12-27(16-26)38(39,40)41)25-10-7-9-24(15-25)18-42-34(48)23(2)20-45-21-30-17-29(45)22-51-30/h4-16,19,29-30,32-33H,2-3,17-18,20-22H2,1H3,(H,42,48)(H,44,49)/t29?,30?,32-,33+/m1/s1. The second-order valence-electron chi connectivity index (χ2n) is 13.1. The summed E-state index contributed by atoms with van der Waals surface area (Å²) in [6, 6.07) is 19.8. The van der Waals surface area contributed by atoms with Crippen molar-refractivity contribution in [1.29, 1.82) is 0 Å². The van der Waals surface area contributed by atoms with Crippen LogP contribution >= 0.6 is 0 Å². The van der Waals surface area contributed by atoms with Crippen LogP contribution in [0.15, 0.2) is 97.2 Å². The Balaban J connectivity index is 1.19. The van der Waals surface area contributed by atoms with E-state index in [1.165, 1.54) is 11.0 Å². The summed E-state index contributed by atoms with van der Waals surface area (Å²) < 4.78 is 47.9. The van der Waals surface area contributed by atoms with Crippen LogP contribution in [0.25, 0.3) is 5.69 Å². The van der Waals surface area contributed by atoms with E-state index in [1.54, 1.807) is 23.9 Å². The fourth-order valence-corrected chi connectivity index (χ4v) is 7.27. The van der Waals surface area contributed by atoms with Gasteiger partial charge in [0, 0.05) is 54.8 Å². The van der Waals surface area contributed by atoms with Crippen LogP contribution in [0.4, 0.5) is 19.0 Å². The van der Waals surface area contributed by atoms with E-state index in [1.807, 2.05) is 48.5 Å². The van der Waals surface area contributed by atoms with E-state index in [0.717, 1.165) is 42.4 Å². The van der Waals surface area contributed by atoms with Crippen molar-refractivity contribution in [3.8, 4) is 5.69 Å². The minimum atomic E-state index is -4.65. The van der Waals surface area contributed by atoms with Crippen molar-refractivity contribution in [3.05, 3.63) is 125 Å². The quantitative estimate of drug-likeness (QED) is 0.230. The number of halogens is 3. The summed E-state index contributed by atoms with van der Waals surface area (Å²) in [6.45, 7) is 8.14. The summed E-state index contributed by atoms with van der Waals surface area (Å²) in [4.78, 5) is 44.7. The molecule has 13 heteroatoms. The molecular formula is C38H37F3N6O4. The topological polar surface area (TPSA) is 109 Å². The molecule has 2 unspecified atom stereocenters. The maximum atomic E-state index is 14.4. The molecule has 0 radical (unpaired) electrons. The third kappa shape index (κ3) is 6.78. The molecule has 0 saturated carbocycles. The molecule has 4 aromatic rings. The van der Waals surface area contributed by atoms with E-state index in [2.05, 4.69) is 27.2 Å². The van der Waals surface area contributed by atoms with Crippen LogP contribution in [0.3, 0.4) is 0 Å². The number of carbonyl (C=O) groups excluding carboxylic acids is 3. The summed E-state index contributed by atoms with van der Waals surface area (Å²) in [6.07, 6.45) is -1.82. The number of para-hydroxylation sites is 1. The molecule has 2 N–H and O–H groups in total. The molecule has 3 amide bonds. The van der Waals surface area contributed by atoms with Gasteiger partial charge in [0.1, 0.15) is 11.9 Å². The second-order valence-corrected chi connectivity index (χ2v) is 13.1. The lowest BCUT2D eigenvalue weighted by atomic mass is 9.81. The van der Waals surface area contributed by atoms with Gasteiger partial charge in [-0.1, -0.05) is 55.1 Å². The molecule has 4 heterocycles. The summed E-state index contributed by atoms with van der Waals surface area (Å²) >= 11 is 0. The highest BCUT2D eigenvalue weighted by atomic mass is 19.4. The van der Waals surface area contributed by atoms with Crippen LogP contribution < -0.4 is 15.5 Å². The summed E-state index contributed by atoms with van der Waals surface area (Å²) in [5, 5.41) is 10.4. The number of nitrogens with zero attached hydrogens (tertiary/aromatic N) is 4. The molecular weight excluding hydrogens is 661 g/mol. The first-order valence-corrected chi connectivity index (χ1v) is 16.8. The number of rotatable bonds is 10. The third-order valence-electron chi connectivity index (χ3n) is 9.78. The lowest BCUT2D eigenvalue weighted by Crippen LogP contribution is -2.55. The van der Waals surface area contributed by atoms with Gasteiger partial charge in [0.15, 0.2) is 0 Å². The van der Waals surface area contributed by atoms with E-state index in [9.17, 15) is 27.6 Å². The van der Waals surface area contributed by atoms with Crippen molar-refractivity contribution in [1.82, 2.24) is 25.3 Å². The number of carbonyl (C=O) groups is 3. The van der Waals surface area contributed by atoms with Crippen LogP contribution in [-0.4, -0.2) is 76.8 Å². The Morgan fingerprint density at radius 3 is 2.53 bits per heavy atom. The van der Waals surface area contributed by atoms with Crippen molar-refractivity contribution >= 4 is 23.5 Å². The Labute approximate surface area is 292 Å². The van der Waals surface area contributed by atoms with E-state index < -0.39 is 35.5 Å². The number of benzene rings is 3. The average molecular weight is 699 g/mol. The number of likely N-dealkylation sites (tertiary alicyclic amines) is 1. The minimum Gasteiger partial charge on any atom is -0.375 e. The smallest absolute Gasteiger partial charge is 0.375 e. The van der Waals surface area contributed by atoms with Crippen molar-refractivity contribution in [2.75, 3.05) is 31.1 Å². The number of anilines is 1. The minimum absolute atomic E-state index is 0.181. The molecule has 7 rings (SSSR count). The zero-order valence-electron chi connectivity index (χ0n) is 27.9. The van der Waals surface area contributed by atoms with Gasteiger partial charge in [0.05, 0.1) is 30.2 Å². The Morgan fingerprint density at radius 2 is 1.82 bits per heavy atom. The van der Waals surface area contributed by atoms with Gasteiger partial charge in [-0.05, 0) is 54.8 Å². The van der Waals surface area contributed by atoms with E-state index in [0.29, 0.717) is 41.7 Å². The molecule has 2 saturated heterocycles. The van der Waals surface area contributed by atoms with Gasteiger partial charge in [-0.25, -0.2) is 4.68 Å². The fourth-order valence-electron chi connectivity index (χ4n) is 7.27. The molecule has 10 nitrogen and oxygen atoms in total. The zero-order chi connectivity index (χ0) is 35.9. The Kier molecular flexibility index (Phi) is 9.25. The molecule has 51 heavy (non-hydrogen) atoms. The average Bonchev–Trinajstić information content (AvgIpc) is 3.88. The Hall–Kier alpha value is -5.27. The van der Waals surface area contributed by atoms with E-state index in [4.69, 9.17) is 4.74 Å². The first-order valence-electron chi connectivity index (χ1n) is 16.8. The van der Waals surface area contributed by atoms with Crippen molar-refractivity contribution in [2.24, 2.45) is 0 Å². The summed E-state index contributed by atoms with van der Waals surface area (Å²) in [7, 11) is 0. The molecule has 3 aromatic carbocycles. The summed E-state index contributed by atoms with van der Waals surface area (Å²) in [5.41, 5.74) is 2.02. The monoisotopic (exact) mass is 698 g/mol. The zero-order valence-corrected chi connectivity index (χ0v) is 27.9. The molecule has 2 fully saturated rings. The maximum absolute atomic E-state index is 14.4. The number of hydrogen-bond acceptors (Lipinski definition) is 6. The van der Waals surface area contributed by atoms with Gasteiger partial charge in [-0.3, -0.25) is 24.2 Å². The van der Waals surface area contributed by atoms with Gasteiger partial charge < -0.3 is 15.4 Å². The lowest BCUT2D eigenvalue weighted by Gasteiger charge is -2.38. The molecule has 1 aromatic heterocycles. The number of ether oxygens (including phenoxy) is 1. The van der Waals surface area contributed by atoms with Gasteiger partial charge in [-0.2, -0.15) is 18.3 Å². The fraction of sp³-hybridized carbons (Fsp3) is 0.316. The predicted octanol–water partition coefficient (Wildman–Crippen LogP) is 4.83. The molecule has 3 aliphatic rings. The molecule has 3 aliphatic heterocycles. The van der Waals surface area contributed by atoms with Crippen molar-refractivity contribution in [2.45, 2.75) is 50.2 Å². The third-order valence-corrected chi connectivity index (χ3v) is 9.78. The highest BCUT2D eigenvalue weighted by molar-refractivity contribution is 6.05. The molecule has 264 valence electrons. The van der Waals surface area contributed by atoms with Crippen LogP contribution in [0, 0.1) is 0 Å². The van der Waals surface area contributed by atoms with Gasteiger partial charge in [0.25, 0.3) is 11.8 Å². The van der Waals surface area contributed by atoms with Crippen LogP contribution in [0.5, 0.6) is 0 Å². The van der Waals surface area contributed by atoms with Crippen LogP contribution in [-0.2, 0) is 27.0 Å². The molecule has 2 bridgehead atoms. The van der Waals surface area contributed by atoms with E-state index >= 15 is 0 Å². The Bertz CT molecular complexity index is 1980. The number of aromatic nitrogens is 2. The lowest BCUT2D eigenvalue weighted by molar-refractivity contribution is -0.137. The number of nitrogens with one attached hydrogen (secondary N) is 2. The highest BCUT2D eigenvalue weighted by Gasteiger charge is 2.45. The maximum Gasteiger partial charge on any atom is 0.416 e. The van der Waals surface area contributed by atoms with Crippen molar-refractivity contribution < 1.29 is 32.3 Å². The molecule has 0 aliphatic carbocycles. The number of hydrogen-bond donors (Lipinski definition) is 2.